The number of alkyl halides is 3. The third kappa shape index (κ3) is 5.25. The lowest BCUT2D eigenvalue weighted by Gasteiger charge is -2.36. The second kappa shape index (κ2) is 9.50. The van der Waals surface area contributed by atoms with Gasteiger partial charge in [0.1, 0.15) is 5.69 Å². The van der Waals surface area contributed by atoms with Gasteiger partial charge in [-0.15, -0.1) is 0 Å². The Bertz CT molecular complexity index is 1050. The molecule has 1 heterocycles. The summed E-state index contributed by atoms with van der Waals surface area (Å²) >= 11 is 0. The first-order valence-corrected chi connectivity index (χ1v) is 10.5. The zero-order valence-electron chi connectivity index (χ0n) is 17.7. The zero-order chi connectivity index (χ0) is 23.4. The van der Waals surface area contributed by atoms with Gasteiger partial charge in [-0.25, -0.2) is 4.90 Å². The highest BCUT2D eigenvalue weighted by molar-refractivity contribution is 5.70. The van der Waals surface area contributed by atoms with Gasteiger partial charge in [0, 0.05) is 37.9 Å². The molecule has 1 fully saturated rings. The minimum absolute atomic E-state index is 0.0930. The van der Waals surface area contributed by atoms with Crippen molar-refractivity contribution in [3.8, 4) is 0 Å². The third-order valence-electron chi connectivity index (χ3n) is 5.75. The van der Waals surface area contributed by atoms with Crippen LogP contribution in [0, 0.1) is 10.1 Å². The van der Waals surface area contributed by atoms with E-state index in [9.17, 15) is 23.3 Å². The van der Waals surface area contributed by atoms with Crippen molar-refractivity contribution >= 4 is 17.1 Å². The summed E-state index contributed by atoms with van der Waals surface area (Å²) in [5.74, 6) is 0. The molecule has 0 radical (unpaired) electrons. The second-order valence-electron chi connectivity index (χ2n) is 7.80. The van der Waals surface area contributed by atoms with Gasteiger partial charge in [0.2, 0.25) is 0 Å². The predicted octanol–water partition coefficient (Wildman–Crippen LogP) is 5.44. The first-order valence-electron chi connectivity index (χ1n) is 10.5. The molecule has 172 valence electrons. The number of piperazine rings is 1. The summed E-state index contributed by atoms with van der Waals surface area (Å²) in [5.41, 5.74) is 2.73. The summed E-state index contributed by atoms with van der Waals surface area (Å²) in [5, 5.41) is 15.1. The summed E-state index contributed by atoms with van der Waals surface area (Å²) in [6.07, 6.45) is -4.35. The molecule has 0 unspecified atom stereocenters. The van der Waals surface area contributed by atoms with E-state index in [2.05, 4.69) is 5.32 Å². The highest BCUT2D eigenvalue weighted by atomic mass is 19.4. The van der Waals surface area contributed by atoms with Crippen LogP contribution in [0.25, 0.3) is 0 Å². The van der Waals surface area contributed by atoms with Crippen LogP contribution in [-0.4, -0.2) is 42.3 Å². The van der Waals surface area contributed by atoms with Crippen LogP contribution in [0.2, 0.25) is 0 Å². The van der Waals surface area contributed by atoms with E-state index in [1.54, 1.807) is 12.1 Å². The minimum atomic E-state index is -4.35. The number of halogens is 3. The molecule has 1 N–H and O–H groups in total. The first kappa shape index (κ1) is 22.6. The number of hydrogen-bond donors (Lipinski definition) is 1. The summed E-state index contributed by atoms with van der Waals surface area (Å²) in [6.45, 7) is 0.0505. The number of anilines is 2. The molecule has 33 heavy (non-hydrogen) atoms. The Kier molecular flexibility index (Phi) is 6.50. The van der Waals surface area contributed by atoms with E-state index in [4.69, 9.17) is 0 Å². The number of rotatable bonds is 6. The maximum absolute atomic E-state index is 13.0. The van der Waals surface area contributed by atoms with E-state index in [1.165, 1.54) is 6.07 Å². The summed E-state index contributed by atoms with van der Waals surface area (Å²) in [6, 6.07) is 23.5. The largest absolute Gasteiger partial charge is 0.460 e. The number of benzene rings is 3. The molecule has 1 aliphatic rings. The molecule has 0 spiro atoms. The Labute approximate surface area is 189 Å². The quantitative estimate of drug-likeness (QED) is 0.304. The molecule has 6 nitrogen and oxygen atoms in total. The van der Waals surface area contributed by atoms with Gasteiger partial charge in [0.15, 0.2) is 0 Å². The summed E-state index contributed by atoms with van der Waals surface area (Å²) < 4.78 is 38.9. The molecule has 0 bridgehead atoms. The van der Waals surface area contributed by atoms with Crippen molar-refractivity contribution in [2.45, 2.75) is 12.3 Å². The van der Waals surface area contributed by atoms with Crippen molar-refractivity contribution in [3.05, 3.63) is 100 Å². The normalized spacial score (nSPS) is 15.0. The molecule has 0 saturated carbocycles. The predicted molar refractivity (Wildman–Crippen MR) is 121 cm³/mol. The maximum Gasteiger partial charge on any atom is 0.460 e. The van der Waals surface area contributed by atoms with Crippen LogP contribution in [0.4, 0.5) is 30.2 Å². The van der Waals surface area contributed by atoms with E-state index in [1.807, 2.05) is 65.6 Å². The van der Waals surface area contributed by atoms with Crippen molar-refractivity contribution in [1.82, 2.24) is 4.90 Å². The zero-order valence-corrected chi connectivity index (χ0v) is 17.7. The molecule has 3 aromatic carbocycles. The average Bonchev–Trinajstić information content (AvgIpc) is 2.83. The Balaban J connectivity index is 1.65. The Morgan fingerprint density at radius 1 is 0.848 bits per heavy atom. The van der Waals surface area contributed by atoms with Gasteiger partial charge in [-0.1, -0.05) is 60.7 Å². The smallest absolute Gasteiger partial charge is 0.369 e. The van der Waals surface area contributed by atoms with Crippen LogP contribution in [0.5, 0.6) is 0 Å². The highest BCUT2D eigenvalue weighted by Crippen LogP contribution is 2.35. The fraction of sp³-hybridized carbons (Fsp3) is 0.250. The van der Waals surface area contributed by atoms with Crippen molar-refractivity contribution in [1.29, 1.82) is 0 Å². The third-order valence-corrected chi connectivity index (χ3v) is 5.75. The van der Waals surface area contributed by atoms with Crippen LogP contribution in [-0.2, 0) is 0 Å². The van der Waals surface area contributed by atoms with Crippen molar-refractivity contribution in [3.63, 3.8) is 0 Å². The fourth-order valence-electron chi connectivity index (χ4n) is 4.02. The number of nitro benzene ring substituents is 1. The topological polar surface area (TPSA) is 61.7 Å². The van der Waals surface area contributed by atoms with Crippen LogP contribution >= 0.6 is 0 Å². The minimum Gasteiger partial charge on any atom is -0.369 e. The number of hydrogen-bond acceptors (Lipinski definition) is 5. The van der Waals surface area contributed by atoms with Crippen molar-refractivity contribution in [2.24, 2.45) is 0 Å². The number of nitro groups is 1. The van der Waals surface area contributed by atoms with E-state index in [0.717, 1.165) is 11.1 Å². The van der Waals surface area contributed by atoms with Crippen LogP contribution in [0.1, 0.15) is 17.2 Å². The standard InChI is InChI=1S/C24H23F3N4O2/c25-24(26,27)30-15-13-29(14-16-30)20-11-12-22(31(32)33)21(17-20)28-23(18-7-3-1-4-8-18)19-9-5-2-6-10-19/h1-12,17,23,28H,13-16H2. The molecule has 4 rings (SSSR count). The molecule has 0 aliphatic carbocycles. The second-order valence-corrected chi connectivity index (χ2v) is 7.80. The Hall–Kier alpha value is -3.59. The van der Waals surface area contributed by atoms with Gasteiger partial charge in [0.05, 0.1) is 11.0 Å². The van der Waals surface area contributed by atoms with Gasteiger partial charge in [-0.3, -0.25) is 10.1 Å². The lowest BCUT2D eigenvalue weighted by atomic mass is 9.98. The molecule has 0 aromatic heterocycles. The molecule has 0 atom stereocenters. The Morgan fingerprint density at radius 2 is 1.39 bits per heavy atom. The summed E-state index contributed by atoms with van der Waals surface area (Å²) in [7, 11) is 0. The number of nitrogens with one attached hydrogen (secondary N) is 1. The molecule has 1 aliphatic heterocycles. The van der Waals surface area contributed by atoms with Gasteiger partial charge >= 0.3 is 6.30 Å². The molecule has 9 heteroatoms. The lowest BCUT2D eigenvalue weighted by Crippen LogP contribution is -2.51. The SMILES string of the molecule is O=[N+]([O-])c1ccc(N2CCN(C(F)(F)F)CC2)cc1NC(c1ccccc1)c1ccccc1. The van der Waals surface area contributed by atoms with Gasteiger partial charge < -0.3 is 10.2 Å². The van der Waals surface area contributed by atoms with Gasteiger partial charge in [0.25, 0.3) is 5.69 Å². The fourth-order valence-corrected chi connectivity index (χ4v) is 4.02. The van der Waals surface area contributed by atoms with Crippen molar-refractivity contribution in [2.75, 3.05) is 36.4 Å². The monoisotopic (exact) mass is 456 g/mol. The van der Waals surface area contributed by atoms with Gasteiger partial charge in [-0.05, 0) is 23.3 Å². The van der Waals surface area contributed by atoms with Crippen molar-refractivity contribution < 1.29 is 18.1 Å². The lowest BCUT2D eigenvalue weighted by molar-refractivity contribution is -0.384. The Morgan fingerprint density at radius 3 is 1.88 bits per heavy atom. The van der Waals surface area contributed by atoms with E-state index >= 15 is 0 Å². The van der Waals surface area contributed by atoms with E-state index in [-0.39, 0.29) is 37.9 Å². The molecular formula is C24H23F3N4O2. The highest BCUT2D eigenvalue weighted by Gasteiger charge is 2.39. The van der Waals surface area contributed by atoms with Gasteiger partial charge in [-0.2, -0.15) is 13.2 Å². The number of nitrogens with zero attached hydrogens (tertiary/aromatic N) is 3. The van der Waals surface area contributed by atoms with Crippen LogP contribution in [0.3, 0.4) is 0 Å². The molecule has 1 saturated heterocycles. The first-order chi connectivity index (χ1) is 15.8. The summed E-state index contributed by atoms with van der Waals surface area (Å²) in [4.78, 5) is 13.6. The average molecular weight is 456 g/mol. The van der Waals surface area contributed by atoms with E-state index in [0.29, 0.717) is 16.3 Å². The molecule has 0 amide bonds. The van der Waals surface area contributed by atoms with E-state index < -0.39 is 11.2 Å². The molecule has 3 aromatic rings. The van der Waals surface area contributed by atoms with Crippen LogP contribution < -0.4 is 10.2 Å². The molecular weight excluding hydrogens is 433 g/mol. The maximum atomic E-state index is 13.0. The van der Waals surface area contributed by atoms with Crippen LogP contribution in [0.15, 0.2) is 78.9 Å².